The second-order valence-electron chi connectivity index (χ2n) is 9.26. The standard InChI is InChI=1S/C34H27N3O5/c35-32(38)25-8-7-9-26(22-25)36-34(40)31(23-14-18-29(19-15-23)41-27-10-3-1-4-11-27)37-33(39)24-16-20-30(21-17-24)42-28-12-5-2-6-13-28/h1-22,31H,(H2,35,38)(H,36,40)(H,37,39)/t31-/m0/s1. The number of rotatable bonds is 10. The minimum absolute atomic E-state index is 0.244. The molecule has 0 aliphatic rings. The van der Waals surface area contributed by atoms with E-state index >= 15 is 0 Å². The van der Waals surface area contributed by atoms with Crippen LogP contribution in [0.5, 0.6) is 23.0 Å². The van der Waals surface area contributed by atoms with Crippen LogP contribution in [0.4, 0.5) is 5.69 Å². The van der Waals surface area contributed by atoms with Gasteiger partial charge in [0.05, 0.1) is 0 Å². The highest BCUT2D eigenvalue weighted by Gasteiger charge is 2.24. The van der Waals surface area contributed by atoms with Gasteiger partial charge in [-0.25, -0.2) is 0 Å². The predicted molar refractivity (Wildman–Crippen MR) is 160 cm³/mol. The topological polar surface area (TPSA) is 120 Å². The lowest BCUT2D eigenvalue weighted by Crippen LogP contribution is -2.37. The summed E-state index contributed by atoms with van der Waals surface area (Å²) < 4.78 is 11.7. The van der Waals surface area contributed by atoms with Crippen LogP contribution in [-0.4, -0.2) is 17.7 Å². The molecule has 0 aromatic heterocycles. The second-order valence-corrected chi connectivity index (χ2v) is 9.26. The summed E-state index contributed by atoms with van der Waals surface area (Å²) in [4.78, 5) is 38.4. The van der Waals surface area contributed by atoms with E-state index in [2.05, 4.69) is 10.6 Å². The minimum atomic E-state index is -1.07. The third-order valence-electron chi connectivity index (χ3n) is 6.24. The smallest absolute Gasteiger partial charge is 0.252 e. The van der Waals surface area contributed by atoms with E-state index in [9.17, 15) is 14.4 Å². The summed E-state index contributed by atoms with van der Waals surface area (Å²) in [5.74, 6) is 0.884. The fourth-order valence-corrected chi connectivity index (χ4v) is 4.13. The van der Waals surface area contributed by atoms with Crippen molar-refractivity contribution in [3.63, 3.8) is 0 Å². The second kappa shape index (κ2) is 13.0. The zero-order chi connectivity index (χ0) is 29.3. The number of nitrogens with two attached hydrogens (primary N) is 1. The van der Waals surface area contributed by atoms with E-state index in [4.69, 9.17) is 15.2 Å². The van der Waals surface area contributed by atoms with Crippen molar-refractivity contribution in [2.24, 2.45) is 5.73 Å². The van der Waals surface area contributed by atoms with Crippen molar-refractivity contribution in [3.8, 4) is 23.0 Å². The van der Waals surface area contributed by atoms with E-state index in [1.165, 1.54) is 6.07 Å². The lowest BCUT2D eigenvalue weighted by Gasteiger charge is -2.20. The number of benzene rings is 5. The van der Waals surface area contributed by atoms with E-state index in [1.54, 1.807) is 66.7 Å². The Morgan fingerprint density at radius 2 is 1.10 bits per heavy atom. The summed E-state index contributed by atoms with van der Waals surface area (Å²) in [6.45, 7) is 0. The SMILES string of the molecule is NC(=O)c1cccc(NC(=O)[C@@H](NC(=O)c2ccc(Oc3ccccc3)cc2)c2ccc(Oc3ccccc3)cc2)c1. The fraction of sp³-hybridized carbons (Fsp3) is 0.0294. The van der Waals surface area contributed by atoms with Crippen LogP contribution >= 0.6 is 0 Å². The highest BCUT2D eigenvalue weighted by Crippen LogP contribution is 2.25. The maximum Gasteiger partial charge on any atom is 0.252 e. The first-order valence-corrected chi connectivity index (χ1v) is 13.1. The molecule has 4 N–H and O–H groups in total. The molecule has 208 valence electrons. The molecule has 0 radical (unpaired) electrons. The molecule has 8 nitrogen and oxygen atoms in total. The fourth-order valence-electron chi connectivity index (χ4n) is 4.13. The zero-order valence-electron chi connectivity index (χ0n) is 22.4. The molecule has 0 aliphatic carbocycles. The van der Waals surface area contributed by atoms with Crippen molar-refractivity contribution < 1.29 is 23.9 Å². The summed E-state index contributed by atoms with van der Waals surface area (Å²) in [6.07, 6.45) is 0. The Hall–Kier alpha value is -5.89. The van der Waals surface area contributed by atoms with Crippen LogP contribution in [0, 0.1) is 0 Å². The van der Waals surface area contributed by atoms with Gasteiger partial charge < -0.3 is 25.8 Å². The maximum absolute atomic E-state index is 13.5. The molecule has 5 rings (SSSR count). The number of hydrogen-bond acceptors (Lipinski definition) is 5. The summed E-state index contributed by atoms with van der Waals surface area (Å²) in [7, 11) is 0. The summed E-state index contributed by atoms with van der Waals surface area (Å²) in [5, 5.41) is 5.59. The quantitative estimate of drug-likeness (QED) is 0.182. The predicted octanol–water partition coefficient (Wildman–Crippen LogP) is 6.48. The average molecular weight is 558 g/mol. The molecular formula is C34H27N3O5. The molecule has 0 unspecified atom stereocenters. The molecule has 1 atom stereocenters. The monoisotopic (exact) mass is 557 g/mol. The number of carbonyl (C=O) groups is 3. The molecule has 0 saturated heterocycles. The van der Waals surface area contributed by atoms with Gasteiger partial charge in [0.15, 0.2) is 0 Å². The normalized spacial score (nSPS) is 11.1. The van der Waals surface area contributed by atoms with Crippen LogP contribution in [0.2, 0.25) is 0 Å². The Bertz CT molecular complexity index is 1670. The van der Waals surface area contributed by atoms with Gasteiger partial charge in [-0.2, -0.15) is 0 Å². The maximum atomic E-state index is 13.5. The average Bonchev–Trinajstić information content (AvgIpc) is 3.02. The Labute approximate surface area is 242 Å². The van der Waals surface area contributed by atoms with Crippen LogP contribution in [0.3, 0.4) is 0 Å². The summed E-state index contributed by atoms with van der Waals surface area (Å²) in [6, 6.07) is 37.2. The lowest BCUT2D eigenvalue weighted by molar-refractivity contribution is -0.118. The van der Waals surface area contributed by atoms with Gasteiger partial charge in [-0.15, -0.1) is 0 Å². The minimum Gasteiger partial charge on any atom is -0.457 e. The van der Waals surface area contributed by atoms with Gasteiger partial charge in [-0.1, -0.05) is 54.6 Å². The largest absolute Gasteiger partial charge is 0.457 e. The number of primary amides is 1. The van der Waals surface area contributed by atoms with Crippen LogP contribution in [0.25, 0.3) is 0 Å². The first-order chi connectivity index (χ1) is 20.4. The number of carbonyl (C=O) groups excluding carboxylic acids is 3. The van der Waals surface area contributed by atoms with Crippen LogP contribution in [0.15, 0.2) is 133 Å². The van der Waals surface area contributed by atoms with Gasteiger partial charge in [-0.3, -0.25) is 14.4 Å². The zero-order valence-corrected chi connectivity index (χ0v) is 22.4. The molecule has 0 heterocycles. The molecule has 42 heavy (non-hydrogen) atoms. The first kappa shape index (κ1) is 27.7. The number of nitrogens with one attached hydrogen (secondary N) is 2. The van der Waals surface area contributed by atoms with E-state index in [1.807, 2.05) is 60.7 Å². The molecule has 0 aliphatic heterocycles. The Morgan fingerprint density at radius 1 is 0.571 bits per heavy atom. The van der Waals surface area contributed by atoms with Crippen LogP contribution < -0.4 is 25.8 Å². The summed E-state index contributed by atoms with van der Waals surface area (Å²) in [5.41, 5.74) is 6.86. The lowest BCUT2D eigenvalue weighted by atomic mass is 10.0. The molecule has 0 spiro atoms. The number of para-hydroxylation sites is 2. The number of hydrogen-bond donors (Lipinski definition) is 3. The Morgan fingerprint density at radius 3 is 1.64 bits per heavy atom. The van der Waals surface area contributed by atoms with Crippen molar-refractivity contribution in [1.82, 2.24) is 5.32 Å². The van der Waals surface area contributed by atoms with E-state index < -0.39 is 23.8 Å². The third-order valence-corrected chi connectivity index (χ3v) is 6.24. The number of ether oxygens (including phenoxy) is 2. The van der Waals surface area contributed by atoms with E-state index in [0.717, 1.165) is 0 Å². The van der Waals surface area contributed by atoms with Gasteiger partial charge in [0.1, 0.15) is 29.0 Å². The molecule has 5 aromatic carbocycles. The number of anilines is 1. The first-order valence-electron chi connectivity index (χ1n) is 13.1. The highest BCUT2D eigenvalue weighted by molar-refractivity contribution is 6.02. The molecule has 3 amide bonds. The summed E-state index contributed by atoms with van der Waals surface area (Å²) >= 11 is 0. The van der Waals surface area contributed by atoms with Crippen molar-refractivity contribution in [2.45, 2.75) is 6.04 Å². The molecular weight excluding hydrogens is 530 g/mol. The Balaban J connectivity index is 1.35. The van der Waals surface area contributed by atoms with Gasteiger partial charge in [0.25, 0.3) is 11.8 Å². The van der Waals surface area contributed by atoms with Crippen molar-refractivity contribution in [3.05, 3.63) is 150 Å². The molecule has 0 fully saturated rings. The van der Waals surface area contributed by atoms with Gasteiger partial charge >= 0.3 is 0 Å². The molecule has 5 aromatic rings. The van der Waals surface area contributed by atoms with Gasteiger partial charge in [-0.05, 0) is 84.4 Å². The van der Waals surface area contributed by atoms with Crippen molar-refractivity contribution in [1.29, 1.82) is 0 Å². The van der Waals surface area contributed by atoms with Crippen molar-refractivity contribution >= 4 is 23.4 Å². The van der Waals surface area contributed by atoms with Crippen molar-refractivity contribution in [2.75, 3.05) is 5.32 Å². The third kappa shape index (κ3) is 7.19. The molecule has 0 bridgehead atoms. The van der Waals surface area contributed by atoms with Gasteiger partial charge in [0.2, 0.25) is 5.91 Å². The van der Waals surface area contributed by atoms with Gasteiger partial charge in [0, 0.05) is 16.8 Å². The van der Waals surface area contributed by atoms with E-state index in [-0.39, 0.29) is 5.56 Å². The number of amides is 3. The van der Waals surface area contributed by atoms with Crippen LogP contribution in [0.1, 0.15) is 32.3 Å². The molecule has 0 saturated carbocycles. The highest BCUT2D eigenvalue weighted by atomic mass is 16.5. The van der Waals surface area contributed by atoms with E-state index in [0.29, 0.717) is 39.8 Å². The van der Waals surface area contributed by atoms with Crippen LogP contribution in [-0.2, 0) is 4.79 Å². The Kier molecular flexibility index (Phi) is 8.55. The molecule has 8 heteroatoms.